The van der Waals surface area contributed by atoms with E-state index in [1.165, 1.54) is 6.07 Å². The molecule has 24 heavy (non-hydrogen) atoms. The van der Waals surface area contributed by atoms with Gasteiger partial charge in [-0.05, 0) is 18.2 Å². The summed E-state index contributed by atoms with van der Waals surface area (Å²) < 4.78 is 5.33. The SMILES string of the molecule is O=C(O)C1Cc2c(Cl)c(C(=NO)c3cccc(Cl)c3)cc(Cl)c2O1. The maximum absolute atomic E-state index is 11.1. The molecule has 8 heteroatoms. The summed E-state index contributed by atoms with van der Waals surface area (Å²) in [6, 6.07) is 8.18. The molecule has 1 heterocycles. The summed E-state index contributed by atoms with van der Waals surface area (Å²) in [5, 5.41) is 22.7. The number of halogens is 3. The van der Waals surface area contributed by atoms with Crippen LogP contribution in [-0.4, -0.2) is 28.1 Å². The Balaban J connectivity index is 2.12. The molecule has 0 fully saturated rings. The van der Waals surface area contributed by atoms with E-state index >= 15 is 0 Å². The van der Waals surface area contributed by atoms with Crippen LogP contribution in [0.15, 0.2) is 35.5 Å². The number of hydrogen-bond donors (Lipinski definition) is 2. The van der Waals surface area contributed by atoms with Crippen LogP contribution < -0.4 is 4.74 Å². The maximum Gasteiger partial charge on any atom is 0.345 e. The lowest BCUT2D eigenvalue weighted by molar-refractivity contribution is -0.144. The molecule has 2 N–H and O–H groups in total. The van der Waals surface area contributed by atoms with Crippen LogP contribution in [0.2, 0.25) is 15.1 Å². The second-order valence-electron chi connectivity index (χ2n) is 5.14. The van der Waals surface area contributed by atoms with Crippen molar-refractivity contribution in [3.63, 3.8) is 0 Å². The Morgan fingerprint density at radius 2 is 2.00 bits per heavy atom. The second-order valence-corrected chi connectivity index (χ2v) is 6.36. The molecule has 0 aliphatic carbocycles. The van der Waals surface area contributed by atoms with Crippen molar-refractivity contribution in [1.29, 1.82) is 0 Å². The third kappa shape index (κ3) is 2.90. The molecule has 0 spiro atoms. The number of carbonyl (C=O) groups is 1. The third-order valence-corrected chi connectivity index (χ3v) is 4.59. The number of fused-ring (bicyclic) bond motifs is 1. The van der Waals surface area contributed by atoms with Gasteiger partial charge in [0, 0.05) is 28.1 Å². The molecular weight excluding hydrogens is 377 g/mol. The van der Waals surface area contributed by atoms with Gasteiger partial charge >= 0.3 is 5.97 Å². The molecular formula is C16H10Cl3NO4. The minimum Gasteiger partial charge on any atom is -0.478 e. The standard InChI is InChI=1S/C16H10Cl3NO4/c17-8-3-1-2-7(4-8)14(20-23)9-5-11(18)15-10(13(9)19)6-12(24-15)16(21)22/h1-5,12,23H,6H2,(H,21,22). The molecule has 3 rings (SSSR count). The number of benzene rings is 2. The first-order valence-corrected chi connectivity index (χ1v) is 7.94. The summed E-state index contributed by atoms with van der Waals surface area (Å²) in [5.74, 6) is -0.869. The number of carboxylic acid groups (broad SMARTS) is 1. The monoisotopic (exact) mass is 385 g/mol. The van der Waals surface area contributed by atoms with Gasteiger partial charge in [-0.2, -0.15) is 0 Å². The van der Waals surface area contributed by atoms with Crippen LogP contribution in [0.5, 0.6) is 5.75 Å². The lowest BCUT2D eigenvalue weighted by Crippen LogP contribution is -2.24. The number of nitrogens with zero attached hydrogens (tertiary/aromatic N) is 1. The topological polar surface area (TPSA) is 79.1 Å². The Morgan fingerprint density at radius 3 is 2.62 bits per heavy atom. The highest BCUT2D eigenvalue weighted by Crippen LogP contribution is 2.43. The van der Waals surface area contributed by atoms with Crippen molar-refractivity contribution in [3.05, 3.63) is 62.1 Å². The quantitative estimate of drug-likeness (QED) is 0.469. The zero-order valence-electron chi connectivity index (χ0n) is 12.0. The van der Waals surface area contributed by atoms with Crippen molar-refractivity contribution >= 4 is 46.5 Å². The lowest BCUT2D eigenvalue weighted by Gasteiger charge is -2.12. The number of rotatable bonds is 3. The van der Waals surface area contributed by atoms with E-state index in [1.54, 1.807) is 24.3 Å². The van der Waals surface area contributed by atoms with Gasteiger partial charge in [0.1, 0.15) is 11.5 Å². The largest absolute Gasteiger partial charge is 0.478 e. The van der Waals surface area contributed by atoms with Gasteiger partial charge in [0.25, 0.3) is 0 Å². The number of aliphatic carboxylic acids is 1. The van der Waals surface area contributed by atoms with E-state index < -0.39 is 12.1 Å². The van der Waals surface area contributed by atoms with Crippen molar-refractivity contribution in [2.75, 3.05) is 0 Å². The summed E-state index contributed by atoms with van der Waals surface area (Å²) in [4.78, 5) is 11.1. The molecule has 1 unspecified atom stereocenters. The average molecular weight is 387 g/mol. The third-order valence-electron chi connectivity index (χ3n) is 3.64. The molecule has 2 aromatic carbocycles. The van der Waals surface area contributed by atoms with Gasteiger partial charge in [-0.15, -0.1) is 0 Å². The molecule has 0 bridgehead atoms. The molecule has 124 valence electrons. The first kappa shape index (κ1) is 16.9. The number of oxime groups is 1. The zero-order valence-corrected chi connectivity index (χ0v) is 14.2. The minimum atomic E-state index is -1.11. The van der Waals surface area contributed by atoms with Crippen LogP contribution in [0.4, 0.5) is 0 Å². The molecule has 2 aromatic rings. The molecule has 0 radical (unpaired) electrons. The van der Waals surface area contributed by atoms with Crippen LogP contribution in [-0.2, 0) is 11.2 Å². The Labute approximate surface area is 152 Å². The van der Waals surface area contributed by atoms with Crippen LogP contribution in [0.25, 0.3) is 0 Å². The maximum atomic E-state index is 11.1. The molecule has 0 amide bonds. The van der Waals surface area contributed by atoms with Crippen molar-refractivity contribution < 1.29 is 19.8 Å². The number of carboxylic acids is 1. The van der Waals surface area contributed by atoms with Gasteiger partial charge in [0.2, 0.25) is 0 Å². The van der Waals surface area contributed by atoms with E-state index in [0.29, 0.717) is 21.7 Å². The highest BCUT2D eigenvalue weighted by Gasteiger charge is 2.34. The lowest BCUT2D eigenvalue weighted by atomic mass is 9.98. The van der Waals surface area contributed by atoms with Gasteiger partial charge < -0.3 is 15.1 Å². The van der Waals surface area contributed by atoms with E-state index in [9.17, 15) is 10.0 Å². The molecule has 5 nitrogen and oxygen atoms in total. The summed E-state index contributed by atoms with van der Waals surface area (Å²) in [7, 11) is 0. The van der Waals surface area contributed by atoms with Gasteiger partial charge in [-0.1, -0.05) is 52.1 Å². The predicted octanol–water partition coefficient (Wildman–Crippen LogP) is 4.26. The summed E-state index contributed by atoms with van der Waals surface area (Å²) in [5.41, 5.74) is 1.54. The Morgan fingerprint density at radius 1 is 1.25 bits per heavy atom. The van der Waals surface area contributed by atoms with Crippen LogP contribution in [0, 0.1) is 0 Å². The fourth-order valence-corrected chi connectivity index (χ4v) is 3.32. The van der Waals surface area contributed by atoms with E-state index in [0.717, 1.165) is 0 Å². The summed E-state index contributed by atoms with van der Waals surface area (Å²) >= 11 is 18.6. The van der Waals surface area contributed by atoms with Gasteiger partial charge in [-0.3, -0.25) is 0 Å². The average Bonchev–Trinajstić information content (AvgIpc) is 2.99. The second kappa shape index (κ2) is 6.51. The van der Waals surface area contributed by atoms with Crippen molar-refractivity contribution in [2.45, 2.75) is 12.5 Å². The summed E-state index contributed by atoms with van der Waals surface area (Å²) in [6.45, 7) is 0. The van der Waals surface area contributed by atoms with E-state index in [1.807, 2.05) is 0 Å². The highest BCUT2D eigenvalue weighted by molar-refractivity contribution is 6.39. The Kier molecular flexibility index (Phi) is 4.58. The van der Waals surface area contributed by atoms with Crippen LogP contribution in [0.1, 0.15) is 16.7 Å². The fraction of sp³-hybridized carbons (Fsp3) is 0.125. The smallest absolute Gasteiger partial charge is 0.345 e. The van der Waals surface area contributed by atoms with E-state index in [-0.39, 0.29) is 27.9 Å². The van der Waals surface area contributed by atoms with Crippen LogP contribution >= 0.6 is 34.8 Å². The Bertz CT molecular complexity index is 867. The van der Waals surface area contributed by atoms with E-state index in [4.69, 9.17) is 44.6 Å². The van der Waals surface area contributed by atoms with Crippen LogP contribution in [0.3, 0.4) is 0 Å². The normalized spacial score (nSPS) is 16.6. The Hall–Kier alpha value is -1.95. The fourth-order valence-electron chi connectivity index (χ4n) is 2.55. The molecule has 1 atom stereocenters. The molecule has 1 aliphatic heterocycles. The van der Waals surface area contributed by atoms with Crippen molar-refractivity contribution in [1.82, 2.24) is 0 Å². The van der Waals surface area contributed by atoms with Crippen molar-refractivity contribution in [3.8, 4) is 5.75 Å². The van der Waals surface area contributed by atoms with E-state index in [2.05, 4.69) is 5.16 Å². The molecule has 1 aliphatic rings. The first-order valence-electron chi connectivity index (χ1n) is 6.81. The van der Waals surface area contributed by atoms with Gasteiger partial charge in [0.15, 0.2) is 6.10 Å². The minimum absolute atomic E-state index is 0.0747. The van der Waals surface area contributed by atoms with Gasteiger partial charge in [0.05, 0.1) is 10.0 Å². The summed E-state index contributed by atoms with van der Waals surface area (Å²) in [6.07, 6.45) is -0.975. The number of ether oxygens (including phenoxy) is 1. The highest BCUT2D eigenvalue weighted by atomic mass is 35.5. The first-order chi connectivity index (χ1) is 11.4. The van der Waals surface area contributed by atoms with Crippen molar-refractivity contribution in [2.24, 2.45) is 5.16 Å². The predicted molar refractivity (Wildman–Crippen MR) is 91.1 cm³/mol. The van der Waals surface area contributed by atoms with Gasteiger partial charge in [-0.25, -0.2) is 4.79 Å². The zero-order chi connectivity index (χ0) is 17.4. The number of hydrogen-bond acceptors (Lipinski definition) is 4. The molecule has 0 aromatic heterocycles. The molecule has 0 saturated carbocycles. The molecule has 0 saturated heterocycles.